The topological polar surface area (TPSA) is 70.9 Å². The summed E-state index contributed by atoms with van der Waals surface area (Å²) in [5.41, 5.74) is 2.84. The molecule has 0 bridgehead atoms. The van der Waals surface area contributed by atoms with Gasteiger partial charge in [0, 0.05) is 0 Å². The Hall–Kier alpha value is -1.27. The maximum atomic E-state index is 10.2. The van der Waals surface area contributed by atoms with Crippen LogP contribution in [0.5, 0.6) is 0 Å². The highest BCUT2D eigenvalue weighted by molar-refractivity contribution is 7.16. The smallest absolute Gasteiger partial charge is 0.157 e. The van der Waals surface area contributed by atoms with E-state index in [1.54, 1.807) is 5.51 Å². The number of aliphatic hydroxyl groups is 1. The summed E-state index contributed by atoms with van der Waals surface area (Å²) < 4.78 is 0. The van der Waals surface area contributed by atoms with Crippen molar-refractivity contribution in [3.8, 4) is 0 Å². The number of hydrogen-bond acceptors (Lipinski definition) is 6. The van der Waals surface area contributed by atoms with Crippen molar-refractivity contribution in [2.24, 2.45) is 5.41 Å². The van der Waals surface area contributed by atoms with Gasteiger partial charge in [0.15, 0.2) is 5.82 Å². The lowest BCUT2D eigenvalue weighted by molar-refractivity contribution is 0.0666. The van der Waals surface area contributed by atoms with E-state index < -0.39 is 0 Å². The van der Waals surface area contributed by atoms with Gasteiger partial charge in [-0.2, -0.15) is 0 Å². The summed E-state index contributed by atoms with van der Waals surface area (Å²) in [6.45, 7) is 6.38. The van der Waals surface area contributed by atoms with Crippen LogP contribution in [0.15, 0.2) is 5.51 Å². The van der Waals surface area contributed by atoms with Crippen LogP contribution < -0.4 is 5.32 Å². The fraction of sp³-hybridized carbons (Fsp3) is 0.643. The zero-order chi connectivity index (χ0) is 14.3. The van der Waals surface area contributed by atoms with Crippen LogP contribution in [0.25, 0.3) is 10.3 Å². The zero-order valence-electron chi connectivity index (χ0n) is 12.1. The molecular weight excluding hydrogens is 272 g/mol. The molecule has 1 aliphatic carbocycles. The molecule has 20 heavy (non-hydrogen) atoms. The van der Waals surface area contributed by atoms with Crippen LogP contribution in [0.2, 0.25) is 0 Å². The van der Waals surface area contributed by atoms with E-state index in [0.717, 1.165) is 41.3 Å². The predicted molar refractivity (Wildman–Crippen MR) is 81.0 cm³/mol. The van der Waals surface area contributed by atoms with Gasteiger partial charge in [0.2, 0.25) is 0 Å². The van der Waals surface area contributed by atoms with Gasteiger partial charge in [-0.05, 0) is 31.6 Å². The Balaban J connectivity index is 1.90. The van der Waals surface area contributed by atoms with Gasteiger partial charge in [-0.3, -0.25) is 0 Å². The van der Waals surface area contributed by atoms with Gasteiger partial charge in [-0.25, -0.2) is 15.0 Å². The third-order valence-electron chi connectivity index (χ3n) is 3.99. The average Bonchev–Trinajstić information content (AvgIpc) is 2.81. The molecule has 2 atom stereocenters. The predicted octanol–water partition coefficient (Wildman–Crippen LogP) is 2.75. The fourth-order valence-corrected chi connectivity index (χ4v) is 3.57. The molecule has 2 N–H and O–H groups in total. The van der Waals surface area contributed by atoms with Crippen molar-refractivity contribution in [3.63, 3.8) is 0 Å². The van der Waals surface area contributed by atoms with Crippen LogP contribution in [0.3, 0.4) is 0 Å². The summed E-state index contributed by atoms with van der Waals surface area (Å²) in [6.07, 6.45) is 2.49. The molecule has 108 valence electrons. The number of nitrogens with zero attached hydrogens (tertiary/aromatic N) is 3. The summed E-state index contributed by atoms with van der Waals surface area (Å²) in [4.78, 5) is 14.1. The Kier molecular flexibility index (Phi) is 3.38. The second kappa shape index (κ2) is 4.93. The Bertz CT molecular complexity index is 625. The Morgan fingerprint density at radius 1 is 1.40 bits per heavy atom. The number of aromatic nitrogens is 3. The number of aliphatic hydroxyl groups excluding tert-OH is 1. The van der Waals surface area contributed by atoms with Crippen LogP contribution in [-0.2, 0) is 0 Å². The largest absolute Gasteiger partial charge is 0.391 e. The van der Waals surface area contributed by atoms with Crippen LogP contribution in [0.1, 0.15) is 38.9 Å². The standard InChI is InChI=1S/C14H20N4OS/c1-8-16-12(11-13(17-8)20-7-15-11)18-9-6-14(2,3)5-4-10(9)19/h7,9-10,19H,4-6H2,1-3H3,(H,16,17,18)/t9-,10-/m1/s1. The number of aryl methyl sites for hydroxylation is 1. The molecule has 0 radical (unpaired) electrons. The first kappa shape index (κ1) is 13.7. The van der Waals surface area contributed by atoms with E-state index in [1.165, 1.54) is 11.3 Å². The average molecular weight is 292 g/mol. The van der Waals surface area contributed by atoms with Crippen molar-refractivity contribution in [3.05, 3.63) is 11.3 Å². The van der Waals surface area contributed by atoms with Crippen LogP contribution in [0.4, 0.5) is 5.82 Å². The second-order valence-corrected chi connectivity index (χ2v) is 7.18. The lowest BCUT2D eigenvalue weighted by Gasteiger charge is -2.39. The van der Waals surface area contributed by atoms with Crippen molar-refractivity contribution in [1.29, 1.82) is 0 Å². The van der Waals surface area contributed by atoms with E-state index in [9.17, 15) is 5.11 Å². The molecule has 1 saturated carbocycles. The van der Waals surface area contributed by atoms with E-state index in [2.05, 4.69) is 34.1 Å². The van der Waals surface area contributed by atoms with Gasteiger partial charge >= 0.3 is 0 Å². The first-order valence-electron chi connectivity index (χ1n) is 6.97. The Morgan fingerprint density at radius 2 is 2.20 bits per heavy atom. The summed E-state index contributed by atoms with van der Waals surface area (Å²) in [7, 11) is 0. The highest BCUT2D eigenvalue weighted by Gasteiger charge is 2.34. The molecule has 0 amide bonds. The van der Waals surface area contributed by atoms with Gasteiger partial charge in [0.1, 0.15) is 16.2 Å². The van der Waals surface area contributed by atoms with Gasteiger partial charge < -0.3 is 10.4 Å². The molecule has 0 saturated heterocycles. The van der Waals surface area contributed by atoms with Crippen LogP contribution in [0, 0.1) is 12.3 Å². The lowest BCUT2D eigenvalue weighted by Crippen LogP contribution is -2.42. The summed E-state index contributed by atoms with van der Waals surface area (Å²) in [5, 5.41) is 13.6. The van der Waals surface area contributed by atoms with Crippen molar-refractivity contribution >= 4 is 27.5 Å². The van der Waals surface area contributed by atoms with E-state index in [0.29, 0.717) is 0 Å². The number of nitrogens with one attached hydrogen (secondary N) is 1. The minimum atomic E-state index is -0.327. The molecule has 5 nitrogen and oxygen atoms in total. The second-order valence-electron chi connectivity index (χ2n) is 6.35. The monoisotopic (exact) mass is 292 g/mol. The molecule has 0 aliphatic heterocycles. The number of fused-ring (bicyclic) bond motifs is 1. The summed E-state index contributed by atoms with van der Waals surface area (Å²) in [6, 6.07) is 0.0259. The third-order valence-corrected chi connectivity index (χ3v) is 4.70. The summed E-state index contributed by atoms with van der Waals surface area (Å²) >= 11 is 1.51. The first-order valence-corrected chi connectivity index (χ1v) is 7.85. The molecule has 2 heterocycles. The van der Waals surface area contributed by atoms with Gasteiger partial charge in [0.05, 0.1) is 17.7 Å². The molecule has 2 aromatic rings. The highest BCUT2D eigenvalue weighted by Crippen LogP contribution is 2.37. The van der Waals surface area contributed by atoms with Crippen molar-refractivity contribution in [2.75, 3.05) is 5.32 Å². The Labute approximate surface area is 122 Å². The molecule has 0 spiro atoms. The SMILES string of the molecule is Cc1nc(N[C@@H]2CC(C)(C)CC[C@H]2O)c2ncsc2n1. The van der Waals surface area contributed by atoms with Crippen molar-refractivity contribution in [1.82, 2.24) is 15.0 Å². The van der Waals surface area contributed by atoms with E-state index in [1.807, 2.05) is 6.92 Å². The van der Waals surface area contributed by atoms with Gasteiger partial charge in [-0.15, -0.1) is 11.3 Å². The van der Waals surface area contributed by atoms with E-state index in [4.69, 9.17) is 0 Å². The molecule has 3 rings (SSSR count). The van der Waals surface area contributed by atoms with Crippen molar-refractivity contribution < 1.29 is 5.11 Å². The Morgan fingerprint density at radius 3 is 3.00 bits per heavy atom. The van der Waals surface area contributed by atoms with E-state index in [-0.39, 0.29) is 17.6 Å². The summed E-state index contributed by atoms with van der Waals surface area (Å²) in [5.74, 6) is 1.48. The molecular formula is C14H20N4OS. The maximum Gasteiger partial charge on any atom is 0.157 e. The molecule has 6 heteroatoms. The zero-order valence-corrected chi connectivity index (χ0v) is 12.9. The molecule has 1 fully saturated rings. The van der Waals surface area contributed by atoms with Crippen molar-refractivity contribution in [2.45, 2.75) is 52.2 Å². The number of hydrogen-bond donors (Lipinski definition) is 2. The van der Waals surface area contributed by atoms with Crippen LogP contribution in [-0.4, -0.2) is 32.2 Å². The van der Waals surface area contributed by atoms with Gasteiger partial charge in [-0.1, -0.05) is 13.8 Å². The number of anilines is 1. The highest BCUT2D eigenvalue weighted by atomic mass is 32.1. The molecule has 1 aliphatic rings. The molecule has 0 aromatic carbocycles. The normalized spacial score (nSPS) is 25.8. The minimum Gasteiger partial charge on any atom is -0.391 e. The lowest BCUT2D eigenvalue weighted by atomic mass is 9.74. The first-order chi connectivity index (χ1) is 9.44. The van der Waals surface area contributed by atoms with Crippen LogP contribution >= 0.6 is 11.3 Å². The third kappa shape index (κ3) is 2.62. The van der Waals surface area contributed by atoms with E-state index >= 15 is 0 Å². The molecule has 0 unspecified atom stereocenters. The number of thiazole rings is 1. The number of rotatable bonds is 2. The fourth-order valence-electron chi connectivity index (χ4n) is 2.87. The van der Waals surface area contributed by atoms with Gasteiger partial charge in [0.25, 0.3) is 0 Å². The maximum absolute atomic E-state index is 10.2. The quantitative estimate of drug-likeness (QED) is 0.890. The molecule has 2 aromatic heterocycles. The minimum absolute atomic E-state index is 0.0259.